The van der Waals surface area contributed by atoms with E-state index in [0.29, 0.717) is 19.5 Å². The van der Waals surface area contributed by atoms with Crippen LogP contribution >= 0.6 is 35.5 Å². The second-order valence-electron chi connectivity index (χ2n) is 4.43. The number of aliphatic hydroxyl groups is 1. The van der Waals surface area contributed by atoms with Crippen LogP contribution < -0.4 is 10.6 Å². The number of aryl methyl sites for hydroxylation is 1. The molecule has 0 aromatic carbocycles. The monoisotopic (exact) mass is 338 g/mol. The molecule has 114 valence electrons. The third-order valence-corrected chi connectivity index (χ3v) is 4.84. The van der Waals surface area contributed by atoms with Gasteiger partial charge in [-0.15, -0.1) is 22.6 Å². The number of nitrogens with one attached hydrogen (secondary N) is 2. The summed E-state index contributed by atoms with van der Waals surface area (Å²) in [6.07, 6.45) is 1.00. The number of nitrogens with zero attached hydrogens (tertiary/aromatic N) is 2. The summed E-state index contributed by atoms with van der Waals surface area (Å²) in [5, 5.41) is 24.1. The number of carbonyl (C=O) groups excluding carboxylic acids is 1. The van der Waals surface area contributed by atoms with Crippen LogP contribution in [0.5, 0.6) is 0 Å². The number of carbonyl (C=O) groups is 1. The van der Waals surface area contributed by atoms with Gasteiger partial charge in [0.15, 0.2) is 4.34 Å². The minimum Gasteiger partial charge on any atom is -0.392 e. The molecule has 20 heavy (non-hydrogen) atoms. The zero-order valence-corrected chi connectivity index (χ0v) is 13.6. The Kier molecular flexibility index (Phi) is 7.75. The molecule has 1 fully saturated rings. The van der Waals surface area contributed by atoms with Crippen molar-refractivity contribution in [3.63, 3.8) is 0 Å². The minimum absolute atomic E-state index is 0. The number of thioether (sulfide) groups is 1. The molecule has 0 radical (unpaired) electrons. The van der Waals surface area contributed by atoms with Gasteiger partial charge in [0, 0.05) is 18.8 Å². The van der Waals surface area contributed by atoms with E-state index in [-0.39, 0.29) is 24.4 Å². The molecule has 2 atom stereocenters. The van der Waals surface area contributed by atoms with Crippen LogP contribution in [0.25, 0.3) is 0 Å². The van der Waals surface area contributed by atoms with E-state index in [9.17, 15) is 9.90 Å². The van der Waals surface area contributed by atoms with Gasteiger partial charge in [-0.3, -0.25) is 4.79 Å². The van der Waals surface area contributed by atoms with Gasteiger partial charge in [-0.1, -0.05) is 23.1 Å². The Balaban J connectivity index is 0.00000200. The van der Waals surface area contributed by atoms with Gasteiger partial charge in [0.2, 0.25) is 5.91 Å². The molecule has 1 amide bonds. The minimum atomic E-state index is -0.396. The number of aliphatic hydroxyl groups excluding tert-OH is 1. The molecule has 2 rings (SSSR count). The third kappa shape index (κ3) is 5.53. The van der Waals surface area contributed by atoms with Crippen molar-refractivity contribution >= 4 is 41.4 Å². The number of β-amino-alcohol motifs (C(OH)–C–C–N with tert-alkyl or cyclic N) is 1. The van der Waals surface area contributed by atoms with Crippen LogP contribution in [0.4, 0.5) is 0 Å². The molecule has 1 saturated heterocycles. The average Bonchev–Trinajstić information content (AvgIpc) is 2.98. The van der Waals surface area contributed by atoms with Gasteiger partial charge in [-0.05, 0) is 19.8 Å². The lowest BCUT2D eigenvalue weighted by Crippen LogP contribution is -2.40. The Morgan fingerprint density at radius 1 is 1.60 bits per heavy atom. The first-order chi connectivity index (χ1) is 9.15. The Morgan fingerprint density at radius 3 is 3.00 bits per heavy atom. The van der Waals surface area contributed by atoms with Crippen LogP contribution in [-0.4, -0.2) is 52.2 Å². The number of amides is 1. The lowest BCUT2D eigenvalue weighted by atomic mass is 10.2. The van der Waals surface area contributed by atoms with E-state index in [1.165, 1.54) is 0 Å². The first-order valence-electron chi connectivity index (χ1n) is 6.27. The maximum Gasteiger partial charge on any atom is 0.237 e. The highest BCUT2D eigenvalue weighted by atomic mass is 35.5. The highest BCUT2D eigenvalue weighted by Gasteiger charge is 2.27. The molecule has 0 unspecified atom stereocenters. The zero-order chi connectivity index (χ0) is 13.7. The lowest BCUT2D eigenvalue weighted by molar-refractivity contribution is -0.122. The standard InChI is InChI=1S/C11H18N4O2S2.ClH/c1-7-14-15-11(19-7)18-4-2-3-12-10(17)9-5-8(16)6-13-9;/h8-9,13,16H,2-6H2,1H3,(H,12,17);1H/t8-,9+;/m1./s1. The molecule has 1 aromatic heterocycles. The fourth-order valence-corrected chi connectivity index (χ4v) is 3.65. The van der Waals surface area contributed by atoms with Crippen molar-refractivity contribution in [2.45, 2.75) is 36.3 Å². The van der Waals surface area contributed by atoms with E-state index in [0.717, 1.165) is 21.5 Å². The molecule has 1 aliphatic rings. The van der Waals surface area contributed by atoms with E-state index >= 15 is 0 Å². The lowest BCUT2D eigenvalue weighted by Gasteiger charge is -2.10. The normalized spacial score (nSPS) is 21.5. The maximum absolute atomic E-state index is 11.7. The summed E-state index contributed by atoms with van der Waals surface area (Å²) in [6, 6.07) is -0.242. The average molecular weight is 339 g/mol. The molecule has 0 aliphatic carbocycles. The number of aromatic nitrogens is 2. The highest BCUT2D eigenvalue weighted by molar-refractivity contribution is 8.01. The van der Waals surface area contributed by atoms with Crippen molar-refractivity contribution < 1.29 is 9.90 Å². The Morgan fingerprint density at radius 2 is 2.40 bits per heavy atom. The van der Waals surface area contributed by atoms with E-state index in [1.54, 1.807) is 23.1 Å². The summed E-state index contributed by atoms with van der Waals surface area (Å²) in [4.78, 5) is 11.7. The number of hydrogen-bond acceptors (Lipinski definition) is 7. The predicted molar refractivity (Wildman–Crippen MR) is 82.7 cm³/mol. The largest absolute Gasteiger partial charge is 0.392 e. The van der Waals surface area contributed by atoms with Gasteiger partial charge >= 0.3 is 0 Å². The topological polar surface area (TPSA) is 87.1 Å². The summed E-state index contributed by atoms with van der Waals surface area (Å²) < 4.78 is 0.976. The summed E-state index contributed by atoms with van der Waals surface area (Å²) in [5.41, 5.74) is 0. The summed E-state index contributed by atoms with van der Waals surface area (Å²) in [7, 11) is 0. The Labute approximate surface area is 132 Å². The Hall–Kier alpha value is -0.410. The Bertz CT molecular complexity index is 432. The van der Waals surface area contributed by atoms with Crippen molar-refractivity contribution in [2.24, 2.45) is 0 Å². The first-order valence-corrected chi connectivity index (χ1v) is 8.07. The molecule has 3 N–H and O–H groups in total. The van der Waals surface area contributed by atoms with Crippen LogP contribution in [0.2, 0.25) is 0 Å². The molecule has 1 aliphatic heterocycles. The molecule has 2 heterocycles. The van der Waals surface area contributed by atoms with E-state index in [2.05, 4.69) is 20.8 Å². The van der Waals surface area contributed by atoms with Crippen molar-refractivity contribution in [1.82, 2.24) is 20.8 Å². The second-order valence-corrected chi connectivity index (χ2v) is 6.95. The zero-order valence-electron chi connectivity index (χ0n) is 11.2. The smallest absolute Gasteiger partial charge is 0.237 e. The van der Waals surface area contributed by atoms with Gasteiger partial charge < -0.3 is 15.7 Å². The molecule has 1 aromatic rings. The molecule has 0 spiro atoms. The molecule has 9 heteroatoms. The van der Waals surface area contributed by atoms with Gasteiger partial charge in [-0.2, -0.15) is 0 Å². The number of halogens is 1. The van der Waals surface area contributed by atoms with Crippen molar-refractivity contribution in [3.8, 4) is 0 Å². The number of hydrogen-bond donors (Lipinski definition) is 3. The SMILES string of the molecule is Cc1nnc(SCCCNC(=O)[C@@H]2C[C@@H](O)CN2)s1.Cl. The van der Waals surface area contributed by atoms with Crippen molar-refractivity contribution in [2.75, 3.05) is 18.8 Å². The molecule has 6 nitrogen and oxygen atoms in total. The van der Waals surface area contributed by atoms with Gasteiger partial charge in [0.05, 0.1) is 12.1 Å². The van der Waals surface area contributed by atoms with Crippen molar-refractivity contribution in [3.05, 3.63) is 5.01 Å². The van der Waals surface area contributed by atoms with Crippen LogP contribution in [0.1, 0.15) is 17.8 Å². The summed E-state index contributed by atoms with van der Waals surface area (Å²) in [6.45, 7) is 3.09. The van der Waals surface area contributed by atoms with Gasteiger partial charge in [-0.25, -0.2) is 0 Å². The van der Waals surface area contributed by atoms with Crippen LogP contribution in [-0.2, 0) is 4.79 Å². The maximum atomic E-state index is 11.7. The highest BCUT2D eigenvalue weighted by Crippen LogP contribution is 2.21. The van der Waals surface area contributed by atoms with E-state index in [1.807, 2.05) is 6.92 Å². The second kappa shape index (κ2) is 8.78. The van der Waals surface area contributed by atoms with Gasteiger partial charge in [0.1, 0.15) is 5.01 Å². The van der Waals surface area contributed by atoms with Crippen LogP contribution in [0, 0.1) is 6.92 Å². The quantitative estimate of drug-likeness (QED) is 0.520. The van der Waals surface area contributed by atoms with Crippen LogP contribution in [0.3, 0.4) is 0 Å². The van der Waals surface area contributed by atoms with Crippen LogP contribution in [0.15, 0.2) is 4.34 Å². The molecule has 0 saturated carbocycles. The molecular weight excluding hydrogens is 320 g/mol. The third-order valence-electron chi connectivity index (χ3n) is 2.78. The number of rotatable bonds is 6. The molecular formula is C11H19ClN4O2S2. The molecule has 0 bridgehead atoms. The summed E-state index contributed by atoms with van der Waals surface area (Å²) >= 11 is 3.25. The fraction of sp³-hybridized carbons (Fsp3) is 0.727. The van der Waals surface area contributed by atoms with Gasteiger partial charge in [0.25, 0.3) is 0 Å². The first kappa shape index (κ1) is 17.6. The van der Waals surface area contributed by atoms with Crippen molar-refractivity contribution in [1.29, 1.82) is 0 Å². The fourth-order valence-electron chi connectivity index (χ4n) is 1.82. The summed E-state index contributed by atoms with van der Waals surface area (Å²) in [5.74, 6) is 0.892. The predicted octanol–water partition coefficient (Wildman–Crippen LogP) is 0.590. The van der Waals surface area contributed by atoms with E-state index in [4.69, 9.17) is 0 Å². The van der Waals surface area contributed by atoms with E-state index < -0.39 is 6.10 Å².